The molecule has 1 fully saturated rings. The van der Waals surface area contributed by atoms with E-state index in [-0.39, 0.29) is 12.1 Å². The largest absolute Gasteiger partial charge is 0.444 e. The molecule has 23 heavy (non-hydrogen) atoms. The maximum atomic E-state index is 11.9. The highest BCUT2D eigenvalue weighted by Crippen LogP contribution is 2.19. The minimum Gasteiger partial charge on any atom is -0.444 e. The van der Waals surface area contributed by atoms with Crippen LogP contribution in [0.5, 0.6) is 0 Å². The van der Waals surface area contributed by atoms with E-state index in [4.69, 9.17) is 4.74 Å². The second kappa shape index (κ2) is 10.9. The van der Waals surface area contributed by atoms with Crippen LogP contribution in [0.1, 0.15) is 91.9 Å². The molecule has 0 aromatic rings. The quantitative estimate of drug-likeness (QED) is 0.600. The first-order valence-electron chi connectivity index (χ1n) is 9.63. The van der Waals surface area contributed by atoms with Gasteiger partial charge in [-0.15, -0.1) is 0 Å². The van der Waals surface area contributed by atoms with E-state index >= 15 is 0 Å². The molecule has 0 aromatic carbocycles. The molecule has 0 bridgehead atoms. The molecule has 2 unspecified atom stereocenters. The Labute approximate surface area is 143 Å². The summed E-state index contributed by atoms with van der Waals surface area (Å²) in [6, 6.07) is 0.792. The summed E-state index contributed by atoms with van der Waals surface area (Å²) in [5, 5.41) is 6.70. The molecule has 2 atom stereocenters. The molecule has 1 aliphatic rings. The first-order valence-corrected chi connectivity index (χ1v) is 9.63. The number of hydrogen-bond donors (Lipinski definition) is 2. The van der Waals surface area contributed by atoms with Gasteiger partial charge >= 0.3 is 6.09 Å². The number of amides is 1. The lowest BCUT2D eigenvalue weighted by Gasteiger charge is -2.31. The van der Waals surface area contributed by atoms with Crippen LogP contribution in [0, 0.1) is 0 Å². The zero-order valence-electron chi connectivity index (χ0n) is 15.7. The molecule has 0 spiro atoms. The Morgan fingerprint density at radius 3 is 2.39 bits per heavy atom. The van der Waals surface area contributed by atoms with E-state index in [0.717, 1.165) is 19.4 Å². The number of alkyl carbamates (subject to hydrolysis) is 1. The smallest absolute Gasteiger partial charge is 0.407 e. The molecule has 0 aromatic heterocycles. The van der Waals surface area contributed by atoms with Crippen LogP contribution in [0.4, 0.5) is 4.79 Å². The van der Waals surface area contributed by atoms with E-state index in [2.05, 4.69) is 17.6 Å². The molecule has 1 amide bonds. The highest BCUT2D eigenvalue weighted by atomic mass is 16.6. The average molecular weight is 327 g/mol. The lowest BCUT2D eigenvalue weighted by atomic mass is 9.91. The minimum atomic E-state index is -0.422. The van der Waals surface area contributed by atoms with Crippen molar-refractivity contribution in [2.75, 3.05) is 6.54 Å². The van der Waals surface area contributed by atoms with Crippen LogP contribution in [-0.4, -0.2) is 30.3 Å². The van der Waals surface area contributed by atoms with Crippen molar-refractivity contribution in [3.05, 3.63) is 0 Å². The van der Waals surface area contributed by atoms with E-state index in [1.165, 1.54) is 51.4 Å². The monoisotopic (exact) mass is 326 g/mol. The van der Waals surface area contributed by atoms with Gasteiger partial charge in [0.25, 0.3) is 0 Å². The Hall–Kier alpha value is -0.770. The third kappa shape index (κ3) is 10.6. The first-order chi connectivity index (χ1) is 10.9. The van der Waals surface area contributed by atoms with Crippen LogP contribution < -0.4 is 10.6 Å². The normalized spacial score (nSPS) is 21.9. The lowest BCUT2D eigenvalue weighted by Crippen LogP contribution is -2.45. The van der Waals surface area contributed by atoms with Crippen molar-refractivity contribution >= 4 is 6.09 Å². The van der Waals surface area contributed by atoms with Gasteiger partial charge in [-0.1, -0.05) is 39.0 Å². The van der Waals surface area contributed by atoms with Crippen LogP contribution in [0.15, 0.2) is 0 Å². The number of nitrogens with one attached hydrogen (secondary N) is 2. The molecule has 0 heterocycles. The topological polar surface area (TPSA) is 50.4 Å². The molecule has 1 aliphatic carbocycles. The summed E-state index contributed by atoms with van der Waals surface area (Å²) in [6.07, 6.45) is 12.2. The van der Waals surface area contributed by atoms with Crippen LogP contribution in [0.3, 0.4) is 0 Å². The van der Waals surface area contributed by atoms with Gasteiger partial charge in [0, 0.05) is 12.1 Å². The highest BCUT2D eigenvalue weighted by molar-refractivity contribution is 5.68. The summed E-state index contributed by atoms with van der Waals surface area (Å²) in [4.78, 5) is 11.9. The second-order valence-corrected chi connectivity index (χ2v) is 7.93. The van der Waals surface area contributed by atoms with Crippen molar-refractivity contribution in [2.24, 2.45) is 0 Å². The number of ether oxygens (including phenoxy) is 1. The molecule has 4 nitrogen and oxygen atoms in total. The van der Waals surface area contributed by atoms with Crippen molar-refractivity contribution < 1.29 is 9.53 Å². The van der Waals surface area contributed by atoms with Gasteiger partial charge in [-0.2, -0.15) is 0 Å². The predicted octanol–water partition coefficient (Wildman–Crippen LogP) is 4.77. The van der Waals surface area contributed by atoms with Gasteiger partial charge in [0.15, 0.2) is 0 Å². The van der Waals surface area contributed by atoms with E-state index < -0.39 is 5.60 Å². The highest BCUT2D eigenvalue weighted by Gasteiger charge is 2.25. The van der Waals surface area contributed by atoms with Gasteiger partial charge in [0.1, 0.15) is 5.60 Å². The fraction of sp³-hybridized carbons (Fsp3) is 0.947. The molecule has 1 rings (SSSR count). The number of hydrogen-bond acceptors (Lipinski definition) is 3. The number of carbonyl (C=O) groups is 1. The van der Waals surface area contributed by atoms with Crippen LogP contribution >= 0.6 is 0 Å². The third-order valence-corrected chi connectivity index (χ3v) is 4.36. The summed E-state index contributed by atoms with van der Waals surface area (Å²) in [5.74, 6) is 0. The Morgan fingerprint density at radius 1 is 1.04 bits per heavy atom. The molecule has 1 saturated carbocycles. The van der Waals surface area contributed by atoms with Crippen molar-refractivity contribution in [1.29, 1.82) is 0 Å². The Bertz CT molecular complexity index is 326. The maximum Gasteiger partial charge on any atom is 0.407 e. The lowest BCUT2D eigenvalue weighted by molar-refractivity contribution is 0.0488. The number of rotatable bonds is 9. The summed E-state index contributed by atoms with van der Waals surface area (Å²) in [7, 11) is 0. The molecule has 4 heteroatoms. The minimum absolute atomic E-state index is 0.251. The van der Waals surface area contributed by atoms with Crippen molar-refractivity contribution in [3.63, 3.8) is 0 Å². The summed E-state index contributed by atoms with van der Waals surface area (Å²) in [5.41, 5.74) is -0.422. The Balaban J connectivity index is 2.13. The summed E-state index contributed by atoms with van der Waals surface area (Å²) < 4.78 is 5.35. The maximum absolute atomic E-state index is 11.9. The SMILES string of the molecule is CCCCCCCCNC1CCCC(NC(=O)OC(C)(C)C)C1. The fourth-order valence-corrected chi connectivity index (χ4v) is 3.19. The van der Waals surface area contributed by atoms with E-state index in [9.17, 15) is 4.79 Å². The van der Waals surface area contributed by atoms with Crippen molar-refractivity contribution in [3.8, 4) is 0 Å². The van der Waals surface area contributed by atoms with Gasteiger partial charge < -0.3 is 15.4 Å². The molecular formula is C19H38N2O2. The molecule has 0 saturated heterocycles. The van der Waals surface area contributed by atoms with Gasteiger partial charge in [-0.25, -0.2) is 4.79 Å². The van der Waals surface area contributed by atoms with Crippen molar-refractivity contribution in [1.82, 2.24) is 10.6 Å². The van der Waals surface area contributed by atoms with Crippen LogP contribution in [0.25, 0.3) is 0 Å². The summed E-state index contributed by atoms with van der Waals surface area (Å²) in [6.45, 7) is 9.07. The van der Waals surface area contributed by atoms with Crippen LogP contribution in [0.2, 0.25) is 0 Å². The van der Waals surface area contributed by atoms with Gasteiger partial charge in [-0.05, 0) is 59.4 Å². The van der Waals surface area contributed by atoms with Crippen LogP contribution in [-0.2, 0) is 4.74 Å². The van der Waals surface area contributed by atoms with Gasteiger partial charge in [0.05, 0.1) is 0 Å². The number of unbranched alkanes of at least 4 members (excludes halogenated alkanes) is 5. The van der Waals surface area contributed by atoms with Crippen molar-refractivity contribution in [2.45, 2.75) is 110 Å². The molecule has 0 radical (unpaired) electrons. The van der Waals surface area contributed by atoms with E-state index in [1.807, 2.05) is 20.8 Å². The zero-order chi connectivity index (χ0) is 17.1. The third-order valence-electron chi connectivity index (χ3n) is 4.36. The first kappa shape index (κ1) is 20.3. The molecular weight excluding hydrogens is 288 g/mol. The predicted molar refractivity (Wildman–Crippen MR) is 96.8 cm³/mol. The molecule has 2 N–H and O–H groups in total. The second-order valence-electron chi connectivity index (χ2n) is 7.93. The van der Waals surface area contributed by atoms with Gasteiger partial charge in [-0.3, -0.25) is 0 Å². The number of carbonyl (C=O) groups excluding carboxylic acids is 1. The Kier molecular flexibility index (Phi) is 9.61. The van der Waals surface area contributed by atoms with E-state index in [0.29, 0.717) is 6.04 Å². The Morgan fingerprint density at radius 2 is 1.70 bits per heavy atom. The standard InChI is InChI=1S/C19H38N2O2/c1-5-6-7-8-9-10-14-20-16-12-11-13-17(15-16)21-18(22)23-19(2,3)4/h16-17,20H,5-15H2,1-4H3,(H,21,22). The fourth-order valence-electron chi connectivity index (χ4n) is 3.19. The zero-order valence-corrected chi connectivity index (χ0v) is 15.7. The van der Waals surface area contributed by atoms with E-state index in [1.54, 1.807) is 0 Å². The molecule has 136 valence electrons. The van der Waals surface area contributed by atoms with Gasteiger partial charge in [0.2, 0.25) is 0 Å². The summed E-state index contributed by atoms with van der Waals surface area (Å²) >= 11 is 0. The average Bonchev–Trinajstić information content (AvgIpc) is 2.44. The molecule has 0 aliphatic heterocycles.